The molecule has 1 unspecified atom stereocenters. The van der Waals surface area contributed by atoms with Crippen LogP contribution in [0.3, 0.4) is 0 Å². The summed E-state index contributed by atoms with van der Waals surface area (Å²) in [5.74, 6) is -0.372. The fourth-order valence-corrected chi connectivity index (χ4v) is 11.9. The molecule has 2 aliphatic rings. The van der Waals surface area contributed by atoms with Crippen LogP contribution >= 0.6 is 0 Å². The number of anilines is 3. The zero-order chi connectivity index (χ0) is 43.3. The highest BCUT2D eigenvalue weighted by Gasteiger charge is 2.52. The van der Waals surface area contributed by atoms with Gasteiger partial charge in [-0.05, 0) is 103 Å². The van der Waals surface area contributed by atoms with Crippen LogP contribution in [0.2, 0.25) is 0 Å². The minimum absolute atomic E-state index is 0.0430. The van der Waals surface area contributed by atoms with E-state index in [0.29, 0.717) is 5.58 Å². The number of halogens is 1. The summed E-state index contributed by atoms with van der Waals surface area (Å²) in [7, 11) is 0. The molecule has 0 radical (unpaired) electrons. The molecule has 2 aromatic heterocycles. The fraction of sp³-hybridized carbons (Fsp3) is 0.0820. The van der Waals surface area contributed by atoms with E-state index in [1.54, 1.807) is 6.07 Å². The summed E-state index contributed by atoms with van der Waals surface area (Å²) in [6, 6.07) is 70.2. The van der Waals surface area contributed by atoms with Crippen molar-refractivity contribution >= 4 is 82.4 Å². The van der Waals surface area contributed by atoms with Crippen molar-refractivity contribution in [1.82, 2.24) is 4.57 Å². The highest BCUT2D eigenvalue weighted by molar-refractivity contribution is 6.19. The third kappa shape index (κ3) is 4.68. The molecular formula is C61H41FN2O. The van der Waals surface area contributed by atoms with Gasteiger partial charge in [-0.2, -0.15) is 0 Å². The van der Waals surface area contributed by atoms with Gasteiger partial charge in [-0.25, -0.2) is 4.39 Å². The van der Waals surface area contributed by atoms with Crippen molar-refractivity contribution in [1.29, 1.82) is 0 Å². The normalized spacial score (nSPS) is 15.1. The zero-order valence-electron chi connectivity index (χ0n) is 36.2. The summed E-state index contributed by atoms with van der Waals surface area (Å²) in [5, 5.41) is 8.84. The fourth-order valence-electron chi connectivity index (χ4n) is 11.9. The molecule has 0 amide bonds. The van der Waals surface area contributed by atoms with Crippen molar-refractivity contribution in [3.05, 3.63) is 228 Å². The van der Waals surface area contributed by atoms with Crippen molar-refractivity contribution in [2.45, 2.75) is 31.6 Å². The molecule has 0 saturated heterocycles. The maximum Gasteiger partial charge on any atom is 0.171 e. The van der Waals surface area contributed by atoms with E-state index < -0.39 is 5.41 Å². The summed E-state index contributed by atoms with van der Waals surface area (Å²) >= 11 is 0. The lowest BCUT2D eigenvalue weighted by Crippen LogP contribution is -2.33. The monoisotopic (exact) mass is 836 g/mol. The number of benzene rings is 10. The molecule has 308 valence electrons. The van der Waals surface area contributed by atoms with Crippen LogP contribution in [0.1, 0.15) is 48.6 Å². The van der Waals surface area contributed by atoms with Crippen LogP contribution in [0.5, 0.6) is 0 Å². The van der Waals surface area contributed by atoms with Gasteiger partial charge in [0.05, 0.1) is 33.5 Å². The molecule has 65 heavy (non-hydrogen) atoms. The lowest BCUT2D eigenvalue weighted by Gasteiger charge is -2.40. The molecule has 0 saturated carbocycles. The van der Waals surface area contributed by atoms with Crippen LogP contribution in [0.25, 0.3) is 82.1 Å². The average Bonchev–Trinajstić information content (AvgIpc) is 3.99. The molecule has 1 aliphatic carbocycles. The number of furan rings is 1. The van der Waals surface area contributed by atoms with E-state index >= 15 is 4.39 Å². The van der Waals surface area contributed by atoms with Crippen LogP contribution < -0.4 is 4.90 Å². The van der Waals surface area contributed by atoms with Crippen LogP contribution in [0.4, 0.5) is 21.5 Å². The van der Waals surface area contributed by atoms with Gasteiger partial charge in [0, 0.05) is 32.6 Å². The Bertz CT molecular complexity index is 4020. The molecule has 4 heteroatoms. The Balaban J connectivity index is 1.18. The average molecular weight is 837 g/mol. The Kier molecular flexibility index (Phi) is 7.21. The Morgan fingerprint density at radius 2 is 1.11 bits per heavy atom. The summed E-state index contributed by atoms with van der Waals surface area (Å²) < 4.78 is 24.8. The minimum Gasteiger partial charge on any atom is -0.451 e. The highest BCUT2D eigenvalue weighted by atomic mass is 19.1. The second-order valence-corrected chi connectivity index (χ2v) is 18.9. The standard InChI is InChI=1S/C61H41FN2O/c1-60(2,3)37-30-32-38(33-31-37)63(53-28-14-22-45-44-21-13-25-50(62)58(44)65-59(45)53)54-35-49-56(42-19-7-6-17-40(42)54)55-39-16-5-4-15-36(39)29-34-47(55)61(49)46-23-9-11-27-52(46)64-51-26-10-8-18-41(51)43-20-12-24-48(61)57(43)64/h4-35H,1-3H3. The van der Waals surface area contributed by atoms with E-state index in [0.717, 1.165) is 33.2 Å². The van der Waals surface area contributed by atoms with E-state index in [2.05, 4.69) is 200 Å². The maximum atomic E-state index is 15.6. The number of hydrogen-bond donors (Lipinski definition) is 0. The van der Waals surface area contributed by atoms with Crippen LogP contribution in [0.15, 0.2) is 199 Å². The summed E-state index contributed by atoms with van der Waals surface area (Å²) in [4.78, 5) is 2.36. The zero-order valence-corrected chi connectivity index (χ0v) is 36.2. The maximum absolute atomic E-state index is 15.6. The number of nitrogens with zero attached hydrogens (tertiary/aromatic N) is 2. The number of aromatic nitrogens is 1. The molecular weight excluding hydrogens is 796 g/mol. The number of hydrogen-bond acceptors (Lipinski definition) is 2. The van der Waals surface area contributed by atoms with Crippen molar-refractivity contribution in [2.75, 3.05) is 4.90 Å². The van der Waals surface area contributed by atoms with Gasteiger partial charge in [0.2, 0.25) is 0 Å². The smallest absolute Gasteiger partial charge is 0.171 e. The quantitative estimate of drug-likeness (QED) is 0.177. The second kappa shape index (κ2) is 12.8. The van der Waals surface area contributed by atoms with E-state index in [1.165, 1.54) is 88.7 Å². The first-order valence-corrected chi connectivity index (χ1v) is 22.5. The van der Waals surface area contributed by atoms with Gasteiger partial charge >= 0.3 is 0 Å². The molecule has 3 heterocycles. The summed E-state index contributed by atoms with van der Waals surface area (Å²) in [6.45, 7) is 6.75. The van der Waals surface area contributed by atoms with E-state index in [-0.39, 0.29) is 16.8 Å². The first-order chi connectivity index (χ1) is 31.8. The molecule has 14 rings (SSSR count). The van der Waals surface area contributed by atoms with E-state index in [9.17, 15) is 0 Å². The molecule has 10 aromatic carbocycles. The van der Waals surface area contributed by atoms with Crippen molar-refractivity contribution in [2.24, 2.45) is 0 Å². The van der Waals surface area contributed by atoms with Gasteiger partial charge in [0.25, 0.3) is 0 Å². The summed E-state index contributed by atoms with van der Waals surface area (Å²) in [6.07, 6.45) is 0. The first kappa shape index (κ1) is 36.5. The molecule has 1 atom stereocenters. The lowest BCUT2D eigenvalue weighted by atomic mass is 9.65. The van der Waals surface area contributed by atoms with Gasteiger partial charge in [-0.3, -0.25) is 0 Å². The predicted octanol–water partition coefficient (Wildman–Crippen LogP) is 16.6. The largest absolute Gasteiger partial charge is 0.451 e. The van der Waals surface area contributed by atoms with E-state index in [4.69, 9.17) is 4.42 Å². The molecule has 0 bridgehead atoms. The van der Waals surface area contributed by atoms with E-state index in [1.807, 2.05) is 12.1 Å². The van der Waals surface area contributed by atoms with Crippen LogP contribution in [0, 0.1) is 5.82 Å². The highest BCUT2D eigenvalue weighted by Crippen LogP contribution is 2.64. The van der Waals surface area contributed by atoms with Crippen molar-refractivity contribution in [3.63, 3.8) is 0 Å². The molecule has 1 spiro atoms. The first-order valence-electron chi connectivity index (χ1n) is 22.5. The Hall–Kier alpha value is -7.95. The third-order valence-corrected chi connectivity index (χ3v) is 14.6. The van der Waals surface area contributed by atoms with Gasteiger partial charge in [0.1, 0.15) is 0 Å². The minimum atomic E-state index is -0.704. The van der Waals surface area contributed by atoms with Crippen LogP contribution in [-0.4, -0.2) is 4.57 Å². The molecule has 1 aliphatic heterocycles. The Morgan fingerprint density at radius 1 is 0.477 bits per heavy atom. The third-order valence-electron chi connectivity index (χ3n) is 14.6. The molecule has 0 N–H and O–H groups in total. The van der Waals surface area contributed by atoms with Crippen molar-refractivity contribution in [3.8, 4) is 16.8 Å². The van der Waals surface area contributed by atoms with Crippen LogP contribution in [-0.2, 0) is 10.8 Å². The Morgan fingerprint density at radius 3 is 1.94 bits per heavy atom. The molecule has 12 aromatic rings. The van der Waals surface area contributed by atoms with Gasteiger partial charge in [-0.1, -0.05) is 172 Å². The SMILES string of the molecule is CC(C)(C)c1ccc(N(c2cc3c(c4ccccc24)-c2c(ccc4ccccc24)C32c3ccccc3-n3c4ccccc4c4cccc2c43)c2cccc3c2oc2c(F)cccc23)cc1. The lowest BCUT2D eigenvalue weighted by molar-refractivity contribution is 0.584. The molecule has 0 fully saturated rings. The number of rotatable bonds is 3. The van der Waals surface area contributed by atoms with Crippen molar-refractivity contribution < 1.29 is 8.81 Å². The van der Waals surface area contributed by atoms with Gasteiger partial charge in [0.15, 0.2) is 17.0 Å². The Labute approximate surface area is 375 Å². The van der Waals surface area contributed by atoms with Gasteiger partial charge in [-0.15, -0.1) is 0 Å². The topological polar surface area (TPSA) is 21.3 Å². The predicted molar refractivity (Wildman–Crippen MR) is 267 cm³/mol. The number of para-hydroxylation sites is 5. The van der Waals surface area contributed by atoms with Gasteiger partial charge < -0.3 is 13.9 Å². The molecule has 3 nitrogen and oxygen atoms in total. The second-order valence-electron chi connectivity index (χ2n) is 18.9. The summed E-state index contributed by atoms with van der Waals surface area (Å²) in [5.41, 5.74) is 15.4. The number of fused-ring (bicyclic) bond motifs is 19.